The molecule has 0 bridgehead atoms. The Morgan fingerprint density at radius 3 is 1.85 bits per heavy atom. The van der Waals surface area contributed by atoms with Crippen LogP contribution in [0.2, 0.25) is 0 Å². The van der Waals surface area contributed by atoms with Crippen molar-refractivity contribution in [1.82, 2.24) is 35.1 Å². The number of nitrogens with zero attached hydrogens (tertiary/aromatic N) is 5. The summed E-state index contributed by atoms with van der Waals surface area (Å²) in [6, 6.07) is 16.9. The Hall–Kier alpha value is -5.46. The zero-order valence-corrected chi connectivity index (χ0v) is 36.7. The van der Waals surface area contributed by atoms with Gasteiger partial charge in [-0.2, -0.15) is 0 Å². The molecule has 12 nitrogen and oxygen atoms in total. The smallest absolute Gasteiger partial charge is 0.407 e. The van der Waals surface area contributed by atoms with Crippen LogP contribution in [0.15, 0.2) is 54.6 Å². The Kier molecular flexibility index (Phi) is 11.6. The van der Waals surface area contributed by atoms with E-state index in [1.165, 1.54) is 7.11 Å². The number of halogens is 1. The van der Waals surface area contributed by atoms with Gasteiger partial charge in [0.2, 0.25) is 11.8 Å². The number of carbonyl (C=O) groups is 3. The van der Waals surface area contributed by atoms with Gasteiger partial charge < -0.3 is 34.7 Å². The van der Waals surface area contributed by atoms with Crippen LogP contribution < -0.4 is 10.2 Å². The lowest BCUT2D eigenvalue weighted by molar-refractivity contribution is -0.135. The van der Waals surface area contributed by atoms with Crippen molar-refractivity contribution >= 4 is 45.7 Å². The van der Waals surface area contributed by atoms with Crippen molar-refractivity contribution in [2.75, 3.05) is 25.1 Å². The summed E-state index contributed by atoms with van der Waals surface area (Å²) in [4.78, 5) is 62.2. The number of ether oxygens (including phenoxy) is 1. The van der Waals surface area contributed by atoms with Crippen LogP contribution >= 0.6 is 0 Å². The van der Waals surface area contributed by atoms with Gasteiger partial charge in [-0.05, 0) is 109 Å². The number of imidazole rings is 2. The molecule has 3 N–H and O–H groups in total. The fraction of sp³-hybridized carbons (Fsp3) is 0.500. The summed E-state index contributed by atoms with van der Waals surface area (Å²) < 4.78 is 21.4. The van der Waals surface area contributed by atoms with E-state index in [9.17, 15) is 14.4 Å². The number of aromatic nitrogens is 4. The molecule has 3 saturated heterocycles. The molecule has 0 spiro atoms. The zero-order chi connectivity index (χ0) is 43.3. The standard InChI is InChI=1S/C48H60FN8O4/c1-27(2)23-42(58)55-21-9-11-40(55)44-50-33-16-13-29(24-35(33)52-44)37-19-20-38(57(37)39-18-15-31(26-32(39)49)48(5,6)7)30-14-17-34-36(25-30)53-45(51-34)41-12-10-22-56(41)46(59)43(28(3)4)54-47(60)61-8/h13-18,23-28,37-38,40-41,43H,9-12,19-22H2,1-8H3,(H,50,52)(H,51,53)(H,54,60)/t37-,38-,40+,41+,43+/m1/s1. The molecule has 1 radical (unpaired) electrons. The second-order valence-corrected chi connectivity index (χ2v) is 18.9. The molecule has 13 heteroatoms. The molecule has 3 fully saturated rings. The summed E-state index contributed by atoms with van der Waals surface area (Å²) in [5, 5.41) is 2.73. The van der Waals surface area contributed by atoms with Crippen molar-refractivity contribution in [2.45, 2.75) is 123 Å². The molecule has 3 amide bonds. The predicted molar refractivity (Wildman–Crippen MR) is 235 cm³/mol. The Labute approximate surface area is 358 Å². The highest BCUT2D eigenvalue weighted by atomic mass is 19.1. The summed E-state index contributed by atoms with van der Waals surface area (Å²) >= 11 is 0. The highest BCUT2D eigenvalue weighted by molar-refractivity contribution is 5.87. The van der Waals surface area contributed by atoms with Crippen molar-refractivity contribution in [3.05, 3.63) is 95.2 Å². The molecule has 0 saturated carbocycles. The van der Waals surface area contributed by atoms with Crippen molar-refractivity contribution in [1.29, 1.82) is 0 Å². The number of carbonyl (C=O) groups excluding carboxylic acids is 3. The molecule has 0 aliphatic carbocycles. The first-order valence-electron chi connectivity index (χ1n) is 22.0. The number of nitrogens with one attached hydrogen (secondary N) is 3. The number of amides is 3. The number of anilines is 1. The van der Waals surface area contributed by atoms with Crippen LogP contribution in [-0.4, -0.2) is 73.9 Å². The maximum absolute atomic E-state index is 16.6. The van der Waals surface area contributed by atoms with Gasteiger partial charge in [0.1, 0.15) is 23.5 Å². The molecule has 61 heavy (non-hydrogen) atoms. The third-order valence-corrected chi connectivity index (χ3v) is 12.9. The summed E-state index contributed by atoms with van der Waals surface area (Å²) in [6.45, 7) is 15.4. The molecule has 323 valence electrons. The third-order valence-electron chi connectivity index (χ3n) is 12.9. The number of aromatic amines is 2. The lowest BCUT2D eigenvalue weighted by atomic mass is 9.87. The molecule has 3 aliphatic rings. The minimum Gasteiger partial charge on any atom is -0.453 e. The maximum atomic E-state index is 16.6. The molecule has 5 atom stereocenters. The van der Waals surface area contributed by atoms with Crippen LogP contribution in [0.25, 0.3) is 22.1 Å². The van der Waals surface area contributed by atoms with Crippen LogP contribution in [-0.2, 0) is 19.7 Å². The number of fused-ring (bicyclic) bond motifs is 2. The highest BCUT2D eigenvalue weighted by Gasteiger charge is 2.40. The minimum absolute atomic E-state index is 0.0516. The lowest BCUT2D eigenvalue weighted by Crippen LogP contribution is -2.51. The molecule has 0 unspecified atom stereocenters. The second kappa shape index (κ2) is 16.8. The summed E-state index contributed by atoms with van der Waals surface area (Å²) in [5.74, 6) is 1.18. The zero-order valence-electron chi connectivity index (χ0n) is 36.7. The van der Waals surface area contributed by atoms with Gasteiger partial charge in [-0.3, -0.25) is 9.59 Å². The molecule has 5 heterocycles. The van der Waals surface area contributed by atoms with Gasteiger partial charge in [0, 0.05) is 13.1 Å². The van der Waals surface area contributed by atoms with E-state index in [4.69, 9.17) is 14.7 Å². The molecular formula is C48H60FN8O4. The minimum atomic E-state index is -0.721. The van der Waals surface area contributed by atoms with Crippen LogP contribution in [0.5, 0.6) is 0 Å². The molecule has 2 aromatic heterocycles. The van der Waals surface area contributed by atoms with Gasteiger partial charge in [0.25, 0.3) is 0 Å². The van der Waals surface area contributed by atoms with Gasteiger partial charge in [-0.1, -0.05) is 66.7 Å². The topological polar surface area (TPSA) is 140 Å². The molecule has 3 aromatic carbocycles. The fourth-order valence-electron chi connectivity index (χ4n) is 9.70. The van der Waals surface area contributed by atoms with Crippen LogP contribution in [0, 0.1) is 24.1 Å². The number of rotatable bonds is 10. The van der Waals surface area contributed by atoms with Gasteiger partial charge in [-0.15, -0.1) is 0 Å². The Balaban J connectivity index is 1.11. The van der Waals surface area contributed by atoms with E-state index in [0.717, 1.165) is 83.1 Å². The summed E-state index contributed by atoms with van der Waals surface area (Å²) in [6.07, 6.45) is 6.10. The van der Waals surface area contributed by atoms with E-state index in [1.54, 1.807) is 12.5 Å². The van der Waals surface area contributed by atoms with E-state index in [1.807, 2.05) is 61.8 Å². The van der Waals surface area contributed by atoms with Crippen molar-refractivity contribution < 1.29 is 23.5 Å². The summed E-state index contributed by atoms with van der Waals surface area (Å²) in [7, 11) is 1.29. The highest BCUT2D eigenvalue weighted by Crippen LogP contribution is 2.49. The molecule has 8 rings (SSSR count). The van der Waals surface area contributed by atoms with E-state index >= 15 is 4.39 Å². The maximum Gasteiger partial charge on any atom is 0.407 e. The quantitative estimate of drug-likeness (QED) is 0.127. The number of hydrogen-bond donors (Lipinski definition) is 3. The molecule has 3 aliphatic heterocycles. The van der Waals surface area contributed by atoms with E-state index in [-0.39, 0.29) is 59.0 Å². The second-order valence-electron chi connectivity index (χ2n) is 18.9. The lowest BCUT2D eigenvalue weighted by Gasteiger charge is -2.34. The fourth-order valence-corrected chi connectivity index (χ4v) is 9.70. The predicted octanol–water partition coefficient (Wildman–Crippen LogP) is 9.53. The normalized spacial score (nSPS) is 21.4. The Morgan fingerprint density at radius 2 is 1.34 bits per heavy atom. The number of benzene rings is 3. The summed E-state index contributed by atoms with van der Waals surface area (Å²) in [5.41, 5.74) is 6.77. The number of methoxy groups -OCH3 is 1. The largest absolute Gasteiger partial charge is 0.453 e. The van der Waals surface area contributed by atoms with Gasteiger partial charge in [0.05, 0.1) is 65.5 Å². The number of hydrogen-bond acceptors (Lipinski definition) is 7. The molecular weight excluding hydrogens is 772 g/mol. The van der Waals surface area contributed by atoms with E-state index < -0.39 is 12.1 Å². The van der Waals surface area contributed by atoms with Crippen LogP contribution in [0.4, 0.5) is 14.9 Å². The first-order valence-corrected chi connectivity index (χ1v) is 22.0. The number of alkyl carbamates (subject to hydrolysis) is 1. The van der Waals surface area contributed by atoms with E-state index in [0.29, 0.717) is 24.6 Å². The van der Waals surface area contributed by atoms with Gasteiger partial charge in [0.15, 0.2) is 0 Å². The Bertz CT molecular complexity index is 2430. The average molecular weight is 832 g/mol. The monoisotopic (exact) mass is 831 g/mol. The van der Waals surface area contributed by atoms with Crippen LogP contribution in [0.1, 0.15) is 139 Å². The van der Waals surface area contributed by atoms with Gasteiger partial charge >= 0.3 is 6.09 Å². The first-order chi connectivity index (χ1) is 29.1. The average Bonchev–Trinajstić information content (AvgIpc) is 4.07. The van der Waals surface area contributed by atoms with Crippen molar-refractivity contribution in [3.63, 3.8) is 0 Å². The number of H-pyrrole nitrogens is 2. The first kappa shape index (κ1) is 42.2. The van der Waals surface area contributed by atoms with Crippen LogP contribution in [0.3, 0.4) is 0 Å². The van der Waals surface area contributed by atoms with Crippen molar-refractivity contribution in [2.24, 2.45) is 11.8 Å². The third kappa shape index (κ3) is 8.32. The van der Waals surface area contributed by atoms with Gasteiger partial charge in [-0.25, -0.2) is 19.2 Å². The molecule has 5 aromatic rings. The Morgan fingerprint density at radius 1 is 0.787 bits per heavy atom. The van der Waals surface area contributed by atoms with Crippen molar-refractivity contribution in [3.8, 4) is 0 Å². The SMILES string of the molecule is COC(=O)N[C@H](C(=O)N1CCC[C@H]1c1nc2ccc([C@H]3CC[C@H](c4ccc5nc([C@@H]6CCCN6C(=O)[CH]C(C)C)[nH]c5c4)N3c3ccc(C(C)(C)C)cc3F)cc2[nH]1)C(C)C. The van der Waals surface area contributed by atoms with E-state index in [2.05, 4.69) is 65.2 Å². The number of likely N-dealkylation sites (tertiary alicyclic amines) is 2.